The largest absolute Gasteiger partial charge is 0.329 e. The molecule has 5 heteroatoms. The number of nitrogens with one attached hydrogen (secondary N) is 1. The molecule has 0 unspecified atom stereocenters. The van der Waals surface area contributed by atoms with Gasteiger partial charge in [-0.25, -0.2) is 9.97 Å². The molecule has 17 heavy (non-hydrogen) atoms. The molecule has 2 rings (SSSR count). The SMILES string of the molecule is CNCc1nccn1Cc1cccnc1C#N. The third-order valence-electron chi connectivity index (χ3n) is 2.47. The van der Waals surface area contributed by atoms with Crippen LogP contribution in [0.5, 0.6) is 0 Å². The van der Waals surface area contributed by atoms with E-state index in [0.717, 1.165) is 11.4 Å². The summed E-state index contributed by atoms with van der Waals surface area (Å²) in [6.07, 6.45) is 5.29. The Kier molecular flexibility index (Phi) is 3.48. The van der Waals surface area contributed by atoms with Crippen LogP contribution < -0.4 is 5.32 Å². The number of hydrogen-bond donors (Lipinski definition) is 1. The Morgan fingerprint density at radius 2 is 2.29 bits per heavy atom. The van der Waals surface area contributed by atoms with Gasteiger partial charge in [0, 0.05) is 24.2 Å². The van der Waals surface area contributed by atoms with E-state index in [0.29, 0.717) is 18.8 Å². The Morgan fingerprint density at radius 3 is 3.06 bits per heavy atom. The van der Waals surface area contributed by atoms with Crippen LogP contribution in [0.15, 0.2) is 30.7 Å². The van der Waals surface area contributed by atoms with Gasteiger partial charge in [0.05, 0.1) is 13.1 Å². The minimum absolute atomic E-state index is 0.469. The summed E-state index contributed by atoms with van der Waals surface area (Å²) in [6, 6.07) is 5.85. The minimum atomic E-state index is 0.469. The summed E-state index contributed by atoms with van der Waals surface area (Å²) < 4.78 is 2.01. The highest BCUT2D eigenvalue weighted by Gasteiger charge is 2.06. The van der Waals surface area contributed by atoms with Crippen LogP contribution in [0.1, 0.15) is 17.1 Å². The second-order valence-corrected chi connectivity index (χ2v) is 3.62. The van der Waals surface area contributed by atoms with E-state index in [9.17, 15) is 0 Å². The summed E-state index contributed by atoms with van der Waals surface area (Å²) in [7, 11) is 1.88. The van der Waals surface area contributed by atoms with Gasteiger partial charge in [0.1, 0.15) is 17.6 Å². The van der Waals surface area contributed by atoms with E-state index >= 15 is 0 Å². The normalized spacial score (nSPS) is 10.1. The van der Waals surface area contributed by atoms with Crippen LogP contribution in [0.2, 0.25) is 0 Å². The van der Waals surface area contributed by atoms with Crippen molar-refractivity contribution in [2.24, 2.45) is 0 Å². The number of aromatic nitrogens is 3. The van der Waals surface area contributed by atoms with Gasteiger partial charge in [-0.05, 0) is 13.1 Å². The molecule has 0 saturated carbocycles. The molecular formula is C12H13N5. The van der Waals surface area contributed by atoms with Crippen molar-refractivity contribution in [2.75, 3.05) is 7.05 Å². The van der Waals surface area contributed by atoms with Crippen LogP contribution >= 0.6 is 0 Å². The maximum Gasteiger partial charge on any atom is 0.145 e. The first kappa shape index (κ1) is 11.3. The van der Waals surface area contributed by atoms with Crippen molar-refractivity contribution in [3.63, 3.8) is 0 Å². The number of nitrogens with zero attached hydrogens (tertiary/aromatic N) is 4. The van der Waals surface area contributed by atoms with E-state index in [1.165, 1.54) is 0 Å². The van der Waals surface area contributed by atoms with Crippen molar-refractivity contribution in [2.45, 2.75) is 13.1 Å². The van der Waals surface area contributed by atoms with Crippen LogP contribution in [0.3, 0.4) is 0 Å². The van der Waals surface area contributed by atoms with Crippen LogP contribution in [-0.4, -0.2) is 21.6 Å². The maximum atomic E-state index is 8.97. The van der Waals surface area contributed by atoms with Gasteiger partial charge in [0.25, 0.3) is 0 Å². The smallest absolute Gasteiger partial charge is 0.145 e. The first-order chi connectivity index (χ1) is 8.35. The third-order valence-corrected chi connectivity index (χ3v) is 2.47. The van der Waals surface area contributed by atoms with Gasteiger partial charge in [0.15, 0.2) is 0 Å². The van der Waals surface area contributed by atoms with Crippen LogP contribution in [-0.2, 0) is 13.1 Å². The van der Waals surface area contributed by atoms with Gasteiger partial charge < -0.3 is 9.88 Å². The molecule has 0 spiro atoms. The first-order valence-corrected chi connectivity index (χ1v) is 5.33. The molecule has 2 aromatic heterocycles. The molecule has 86 valence electrons. The van der Waals surface area contributed by atoms with Crippen LogP contribution in [0.4, 0.5) is 0 Å². The van der Waals surface area contributed by atoms with E-state index in [1.54, 1.807) is 12.4 Å². The lowest BCUT2D eigenvalue weighted by Gasteiger charge is -2.08. The summed E-state index contributed by atoms with van der Waals surface area (Å²) in [5.41, 5.74) is 1.38. The molecule has 0 atom stereocenters. The van der Waals surface area contributed by atoms with Gasteiger partial charge >= 0.3 is 0 Å². The van der Waals surface area contributed by atoms with Gasteiger partial charge in [0.2, 0.25) is 0 Å². The van der Waals surface area contributed by atoms with Crippen molar-refractivity contribution in [1.82, 2.24) is 19.9 Å². The lowest BCUT2D eigenvalue weighted by atomic mass is 10.2. The van der Waals surface area contributed by atoms with Gasteiger partial charge in [-0.1, -0.05) is 6.07 Å². The molecule has 0 fully saturated rings. The predicted octanol–water partition coefficient (Wildman–Crippen LogP) is 0.917. The number of imidazole rings is 1. The Hall–Kier alpha value is -2.19. The molecule has 0 aromatic carbocycles. The lowest BCUT2D eigenvalue weighted by Crippen LogP contribution is -2.13. The van der Waals surface area contributed by atoms with Crippen molar-refractivity contribution in [1.29, 1.82) is 5.26 Å². The molecule has 0 aliphatic rings. The van der Waals surface area contributed by atoms with E-state index in [1.807, 2.05) is 29.9 Å². The molecule has 0 aliphatic heterocycles. The molecule has 0 radical (unpaired) electrons. The number of nitriles is 1. The van der Waals surface area contributed by atoms with Crippen molar-refractivity contribution in [3.8, 4) is 6.07 Å². The summed E-state index contributed by atoms with van der Waals surface area (Å²) in [4.78, 5) is 8.30. The monoisotopic (exact) mass is 227 g/mol. The fourth-order valence-electron chi connectivity index (χ4n) is 1.66. The van der Waals surface area contributed by atoms with Crippen LogP contribution in [0, 0.1) is 11.3 Å². The highest BCUT2D eigenvalue weighted by atomic mass is 15.1. The summed E-state index contributed by atoms with van der Waals surface area (Å²) in [5.74, 6) is 0.945. The fourth-order valence-corrected chi connectivity index (χ4v) is 1.66. The van der Waals surface area contributed by atoms with Crippen LogP contribution in [0.25, 0.3) is 0 Å². The molecule has 0 amide bonds. The third kappa shape index (κ3) is 2.49. The summed E-state index contributed by atoms with van der Waals surface area (Å²) in [5, 5.41) is 12.0. The van der Waals surface area contributed by atoms with Crippen molar-refractivity contribution < 1.29 is 0 Å². The molecule has 5 nitrogen and oxygen atoms in total. The first-order valence-electron chi connectivity index (χ1n) is 5.33. The minimum Gasteiger partial charge on any atom is -0.329 e. The molecule has 0 aliphatic carbocycles. The van der Waals surface area contributed by atoms with Crippen molar-refractivity contribution >= 4 is 0 Å². The molecule has 1 N–H and O–H groups in total. The lowest BCUT2D eigenvalue weighted by molar-refractivity contribution is 0.671. The summed E-state index contributed by atoms with van der Waals surface area (Å²) in [6.45, 7) is 1.32. The van der Waals surface area contributed by atoms with Gasteiger partial charge in [-0.15, -0.1) is 0 Å². The van der Waals surface area contributed by atoms with E-state index in [2.05, 4.69) is 21.4 Å². The summed E-state index contributed by atoms with van der Waals surface area (Å²) >= 11 is 0. The quantitative estimate of drug-likeness (QED) is 0.843. The average molecular weight is 227 g/mol. The fraction of sp³-hybridized carbons (Fsp3) is 0.250. The molecule has 2 aromatic rings. The molecule has 0 bridgehead atoms. The molecule has 2 heterocycles. The van der Waals surface area contributed by atoms with Gasteiger partial charge in [-0.2, -0.15) is 5.26 Å². The van der Waals surface area contributed by atoms with E-state index in [-0.39, 0.29) is 0 Å². The zero-order valence-electron chi connectivity index (χ0n) is 9.59. The van der Waals surface area contributed by atoms with Gasteiger partial charge in [-0.3, -0.25) is 0 Å². The molecule has 0 saturated heterocycles. The second kappa shape index (κ2) is 5.23. The average Bonchev–Trinajstić information content (AvgIpc) is 2.78. The Bertz CT molecular complexity index is 538. The Morgan fingerprint density at radius 1 is 1.41 bits per heavy atom. The predicted molar refractivity (Wildman–Crippen MR) is 63.0 cm³/mol. The maximum absolute atomic E-state index is 8.97. The zero-order chi connectivity index (χ0) is 12.1. The van der Waals surface area contributed by atoms with E-state index < -0.39 is 0 Å². The highest BCUT2D eigenvalue weighted by molar-refractivity contribution is 5.30. The number of pyridine rings is 1. The Labute approximate surface area is 99.7 Å². The molecular weight excluding hydrogens is 214 g/mol. The van der Waals surface area contributed by atoms with Crippen molar-refractivity contribution in [3.05, 3.63) is 47.8 Å². The number of hydrogen-bond acceptors (Lipinski definition) is 4. The number of rotatable bonds is 4. The topological polar surface area (TPSA) is 66.5 Å². The second-order valence-electron chi connectivity index (χ2n) is 3.62. The Balaban J connectivity index is 2.26. The standard InChI is InChI=1S/C12H13N5/c1-14-8-12-16-5-6-17(12)9-10-3-2-4-15-11(10)7-13/h2-6,14H,8-9H2,1H3. The zero-order valence-corrected chi connectivity index (χ0v) is 9.59. The van der Waals surface area contributed by atoms with E-state index in [4.69, 9.17) is 5.26 Å². The highest BCUT2D eigenvalue weighted by Crippen LogP contribution is 2.08.